The van der Waals surface area contributed by atoms with Gasteiger partial charge in [-0.2, -0.15) is 0 Å². The van der Waals surface area contributed by atoms with Crippen LogP contribution in [-0.2, 0) is 6.54 Å². The number of nitrogens with zero attached hydrogens (tertiary/aromatic N) is 3. The number of aliphatic hydroxyl groups excluding tert-OH is 1. The van der Waals surface area contributed by atoms with Gasteiger partial charge in [0.1, 0.15) is 0 Å². The number of hydrogen-bond acceptors (Lipinski definition) is 6. The van der Waals surface area contributed by atoms with Crippen molar-refractivity contribution in [2.75, 3.05) is 18.1 Å². The van der Waals surface area contributed by atoms with E-state index < -0.39 is 0 Å². The lowest BCUT2D eigenvalue weighted by Gasteiger charge is -2.32. The molecule has 1 aromatic heterocycles. The molecule has 6 heteroatoms. The lowest BCUT2D eigenvalue weighted by atomic mass is 10.0. The zero-order valence-electron chi connectivity index (χ0n) is 11.1. The average Bonchev–Trinajstić information content (AvgIpc) is 2.85. The maximum absolute atomic E-state index is 9.36. The van der Waals surface area contributed by atoms with E-state index >= 15 is 0 Å². The summed E-state index contributed by atoms with van der Waals surface area (Å²) >= 11 is 0. The fourth-order valence-corrected chi connectivity index (χ4v) is 2.17. The third kappa shape index (κ3) is 3.20. The molecule has 1 unspecified atom stereocenters. The number of aliphatic hydroxyl groups is 1. The normalized spacial score (nSPS) is 20.7. The standard InChI is InChI=1S/C12H22N4O2/c1-9(2)13-7-11-14-15-12(18-11)16-6-4-3-5-10(16)8-17/h9-10,13,17H,3-8H2,1-2H3. The highest BCUT2D eigenvalue weighted by molar-refractivity contribution is 5.27. The fourth-order valence-electron chi connectivity index (χ4n) is 2.17. The van der Waals surface area contributed by atoms with Crippen LogP contribution in [0.25, 0.3) is 0 Å². The molecule has 2 rings (SSSR count). The van der Waals surface area contributed by atoms with Crippen molar-refractivity contribution >= 4 is 6.01 Å². The fraction of sp³-hybridized carbons (Fsp3) is 0.833. The summed E-state index contributed by atoms with van der Waals surface area (Å²) in [6, 6.07) is 1.04. The summed E-state index contributed by atoms with van der Waals surface area (Å²) in [4.78, 5) is 2.02. The molecule has 18 heavy (non-hydrogen) atoms. The quantitative estimate of drug-likeness (QED) is 0.814. The average molecular weight is 254 g/mol. The molecule has 1 saturated heterocycles. The molecule has 6 nitrogen and oxygen atoms in total. The van der Waals surface area contributed by atoms with Gasteiger partial charge in [-0.3, -0.25) is 0 Å². The Balaban J connectivity index is 1.99. The molecular formula is C12H22N4O2. The molecule has 1 aliphatic heterocycles. The zero-order valence-corrected chi connectivity index (χ0v) is 11.1. The second-order valence-corrected chi connectivity index (χ2v) is 5.04. The van der Waals surface area contributed by atoms with E-state index in [1.165, 1.54) is 0 Å². The molecule has 1 aliphatic rings. The first-order valence-corrected chi connectivity index (χ1v) is 6.64. The minimum Gasteiger partial charge on any atom is -0.407 e. The Bertz CT molecular complexity index is 367. The van der Waals surface area contributed by atoms with Gasteiger partial charge in [0.25, 0.3) is 0 Å². The van der Waals surface area contributed by atoms with Crippen LogP contribution in [0.1, 0.15) is 39.0 Å². The molecule has 1 atom stereocenters. The predicted octanol–water partition coefficient (Wildman–Crippen LogP) is 0.919. The van der Waals surface area contributed by atoms with Gasteiger partial charge in [0.05, 0.1) is 19.2 Å². The zero-order chi connectivity index (χ0) is 13.0. The molecule has 0 aromatic carbocycles. The number of hydrogen-bond donors (Lipinski definition) is 2. The monoisotopic (exact) mass is 254 g/mol. The summed E-state index contributed by atoms with van der Waals surface area (Å²) in [5.41, 5.74) is 0. The third-order valence-corrected chi connectivity index (χ3v) is 3.20. The molecule has 0 radical (unpaired) electrons. The van der Waals surface area contributed by atoms with E-state index in [2.05, 4.69) is 29.4 Å². The second kappa shape index (κ2) is 6.15. The molecule has 0 amide bonds. The lowest BCUT2D eigenvalue weighted by Crippen LogP contribution is -2.42. The van der Waals surface area contributed by atoms with Crippen LogP contribution < -0.4 is 10.2 Å². The molecule has 0 aliphatic carbocycles. The van der Waals surface area contributed by atoms with Crippen molar-refractivity contribution < 1.29 is 9.52 Å². The summed E-state index contributed by atoms with van der Waals surface area (Å²) in [5.74, 6) is 0.598. The van der Waals surface area contributed by atoms with Crippen molar-refractivity contribution in [1.82, 2.24) is 15.5 Å². The van der Waals surface area contributed by atoms with Gasteiger partial charge in [-0.05, 0) is 19.3 Å². The summed E-state index contributed by atoms with van der Waals surface area (Å²) in [7, 11) is 0. The molecule has 0 spiro atoms. The SMILES string of the molecule is CC(C)NCc1nnc(N2CCCCC2CO)o1. The highest BCUT2D eigenvalue weighted by atomic mass is 16.4. The van der Waals surface area contributed by atoms with E-state index in [1.807, 2.05) is 4.90 Å². The first kappa shape index (κ1) is 13.3. The van der Waals surface area contributed by atoms with Crippen LogP contribution in [-0.4, -0.2) is 40.5 Å². The summed E-state index contributed by atoms with van der Waals surface area (Å²) in [6.07, 6.45) is 3.24. The van der Waals surface area contributed by atoms with Crippen molar-refractivity contribution in [3.8, 4) is 0 Å². The maximum Gasteiger partial charge on any atom is 0.318 e. The van der Waals surface area contributed by atoms with Gasteiger partial charge in [-0.15, -0.1) is 5.10 Å². The second-order valence-electron chi connectivity index (χ2n) is 5.04. The van der Waals surface area contributed by atoms with Crippen LogP contribution >= 0.6 is 0 Å². The molecule has 2 heterocycles. The Labute approximate surface area is 107 Å². The van der Waals surface area contributed by atoms with Crippen LogP contribution in [0.15, 0.2) is 4.42 Å². The molecule has 0 bridgehead atoms. The lowest BCUT2D eigenvalue weighted by molar-refractivity contribution is 0.234. The maximum atomic E-state index is 9.36. The van der Waals surface area contributed by atoms with Crippen LogP contribution in [0.5, 0.6) is 0 Å². The number of anilines is 1. The number of rotatable bonds is 5. The van der Waals surface area contributed by atoms with E-state index in [4.69, 9.17) is 4.42 Å². The van der Waals surface area contributed by atoms with E-state index in [0.717, 1.165) is 25.8 Å². The van der Waals surface area contributed by atoms with E-state index in [9.17, 15) is 5.11 Å². The topological polar surface area (TPSA) is 74.4 Å². The Kier molecular flexibility index (Phi) is 4.54. The van der Waals surface area contributed by atoms with Gasteiger partial charge in [0.15, 0.2) is 0 Å². The van der Waals surface area contributed by atoms with Gasteiger partial charge in [0, 0.05) is 12.6 Å². The van der Waals surface area contributed by atoms with Crippen molar-refractivity contribution in [3.63, 3.8) is 0 Å². The molecule has 0 saturated carbocycles. The first-order chi connectivity index (χ1) is 8.70. The predicted molar refractivity (Wildman–Crippen MR) is 68.3 cm³/mol. The van der Waals surface area contributed by atoms with E-state index in [1.54, 1.807) is 0 Å². The van der Waals surface area contributed by atoms with Gasteiger partial charge < -0.3 is 19.7 Å². The van der Waals surface area contributed by atoms with Crippen LogP contribution in [0.4, 0.5) is 6.01 Å². The van der Waals surface area contributed by atoms with Crippen molar-refractivity contribution in [1.29, 1.82) is 0 Å². The number of nitrogens with one attached hydrogen (secondary N) is 1. The Morgan fingerprint density at radius 3 is 3.00 bits per heavy atom. The van der Waals surface area contributed by atoms with Gasteiger partial charge in [-0.25, -0.2) is 0 Å². The van der Waals surface area contributed by atoms with Gasteiger partial charge in [0.2, 0.25) is 5.89 Å². The summed E-state index contributed by atoms with van der Waals surface area (Å²) < 4.78 is 5.64. The third-order valence-electron chi connectivity index (χ3n) is 3.20. The first-order valence-electron chi connectivity index (χ1n) is 6.64. The molecule has 1 aromatic rings. The highest BCUT2D eigenvalue weighted by Crippen LogP contribution is 2.23. The number of piperidine rings is 1. The Morgan fingerprint density at radius 2 is 2.28 bits per heavy atom. The van der Waals surface area contributed by atoms with Crippen molar-refractivity contribution in [3.05, 3.63) is 5.89 Å². The Hall–Kier alpha value is -1.14. The van der Waals surface area contributed by atoms with Crippen LogP contribution in [0, 0.1) is 0 Å². The van der Waals surface area contributed by atoms with Crippen molar-refractivity contribution in [2.45, 2.75) is 51.7 Å². The van der Waals surface area contributed by atoms with Gasteiger partial charge >= 0.3 is 6.01 Å². The van der Waals surface area contributed by atoms with E-state index in [0.29, 0.717) is 24.5 Å². The molecule has 2 N–H and O–H groups in total. The molecular weight excluding hydrogens is 232 g/mol. The minimum absolute atomic E-state index is 0.116. The highest BCUT2D eigenvalue weighted by Gasteiger charge is 2.25. The summed E-state index contributed by atoms with van der Waals surface area (Å²) in [5, 5.41) is 20.7. The van der Waals surface area contributed by atoms with Crippen LogP contribution in [0.2, 0.25) is 0 Å². The van der Waals surface area contributed by atoms with Crippen LogP contribution in [0.3, 0.4) is 0 Å². The molecule has 102 valence electrons. The number of aromatic nitrogens is 2. The van der Waals surface area contributed by atoms with Gasteiger partial charge in [-0.1, -0.05) is 18.9 Å². The van der Waals surface area contributed by atoms with Crippen molar-refractivity contribution in [2.24, 2.45) is 0 Å². The summed E-state index contributed by atoms with van der Waals surface area (Å²) in [6.45, 7) is 5.75. The smallest absolute Gasteiger partial charge is 0.318 e. The minimum atomic E-state index is 0.116. The molecule has 1 fully saturated rings. The Morgan fingerprint density at radius 1 is 1.44 bits per heavy atom. The largest absolute Gasteiger partial charge is 0.407 e. The van der Waals surface area contributed by atoms with E-state index in [-0.39, 0.29) is 12.6 Å².